The van der Waals surface area contributed by atoms with E-state index in [-0.39, 0.29) is 5.91 Å². The van der Waals surface area contributed by atoms with E-state index in [2.05, 4.69) is 27.2 Å². The topological polar surface area (TPSA) is 71.3 Å². The van der Waals surface area contributed by atoms with Crippen molar-refractivity contribution in [2.45, 2.75) is 19.6 Å². The summed E-state index contributed by atoms with van der Waals surface area (Å²) in [5, 5.41) is 6.09. The third-order valence-electron chi connectivity index (χ3n) is 3.32. The van der Waals surface area contributed by atoms with Crippen molar-refractivity contribution in [1.29, 1.82) is 0 Å². The Bertz CT molecular complexity index is 686. The number of hydrogen-bond acceptors (Lipinski definition) is 4. The predicted octanol–water partition coefficient (Wildman–Crippen LogP) is 1.17. The van der Waals surface area contributed by atoms with Gasteiger partial charge in [0.05, 0.1) is 5.56 Å². The summed E-state index contributed by atoms with van der Waals surface area (Å²) in [6.45, 7) is 2.23. The van der Waals surface area contributed by atoms with Crippen molar-refractivity contribution in [3.8, 4) is 0 Å². The second-order valence-corrected chi connectivity index (χ2v) is 4.73. The Hall–Kier alpha value is -2.40. The molecular weight excluding hydrogens is 256 g/mol. The molecule has 3 rings (SSSR count). The van der Waals surface area contributed by atoms with Crippen molar-refractivity contribution < 1.29 is 9.21 Å². The van der Waals surface area contributed by atoms with Gasteiger partial charge >= 0.3 is 5.63 Å². The van der Waals surface area contributed by atoms with Gasteiger partial charge in [-0.3, -0.25) is 4.79 Å². The molecule has 0 aliphatic carbocycles. The molecule has 1 amide bonds. The van der Waals surface area contributed by atoms with Gasteiger partial charge in [-0.1, -0.05) is 18.2 Å². The van der Waals surface area contributed by atoms with Crippen molar-refractivity contribution in [3.05, 3.63) is 69.3 Å². The molecule has 0 bridgehead atoms. The first-order valence-electron chi connectivity index (χ1n) is 6.41. The van der Waals surface area contributed by atoms with Crippen LogP contribution >= 0.6 is 0 Å². The molecule has 0 atom stereocenters. The minimum absolute atomic E-state index is 0.257. The molecule has 102 valence electrons. The van der Waals surface area contributed by atoms with Crippen LogP contribution in [0.25, 0.3) is 0 Å². The SMILES string of the molecule is O=C(NCc1ccc2c(c1)CNC2)c1ccc(=O)oc1. The predicted molar refractivity (Wildman–Crippen MR) is 73.1 cm³/mol. The van der Waals surface area contributed by atoms with E-state index in [1.807, 2.05) is 6.07 Å². The third-order valence-corrected chi connectivity index (χ3v) is 3.32. The van der Waals surface area contributed by atoms with Gasteiger partial charge in [0.25, 0.3) is 5.91 Å². The Labute approximate surface area is 115 Å². The van der Waals surface area contributed by atoms with Crippen molar-refractivity contribution in [2.75, 3.05) is 0 Å². The molecule has 5 nitrogen and oxygen atoms in total. The molecule has 20 heavy (non-hydrogen) atoms. The molecule has 5 heteroatoms. The zero-order chi connectivity index (χ0) is 13.9. The Morgan fingerprint density at radius 1 is 1.20 bits per heavy atom. The summed E-state index contributed by atoms with van der Waals surface area (Å²) in [6.07, 6.45) is 1.17. The van der Waals surface area contributed by atoms with E-state index >= 15 is 0 Å². The average Bonchev–Trinajstić information content (AvgIpc) is 2.93. The van der Waals surface area contributed by atoms with Gasteiger partial charge in [-0.15, -0.1) is 0 Å². The fourth-order valence-electron chi connectivity index (χ4n) is 2.23. The second kappa shape index (κ2) is 5.30. The summed E-state index contributed by atoms with van der Waals surface area (Å²) in [7, 11) is 0. The second-order valence-electron chi connectivity index (χ2n) is 4.73. The van der Waals surface area contributed by atoms with Crippen LogP contribution in [0.1, 0.15) is 27.0 Å². The summed E-state index contributed by atoms with van der Waals surface area (Å²) >= 11 is 0. The zero-order valence-corrected chi connectivity index (χ0v) is 10.8. The number of amides is 1. The highest BCUT2D eigenvalue weighted by Gasteiger charge is 2.11. The number of carbonyl (C=O) groups is 1. The maximum absolute atomic E-state index is 11.9. The Balaban J connectivity index is 1.66. The quantitative estimate of drug-likeness (QED) is 0.878. The van der Waals surface area contributed by atoms with Gasteiger partial charge in [0, 0.05) is 25.7 Å². The Morgan fingerprint density at radius 2 is 2.05 bits per heavy atom. The van der Waals surface area contributed by atoms with Gasteiger partial charge in [-0.05, 0) is 22.8 Å². The molecule has 2 heterocycles. The molecular formula is C15H14N2O3. The Kier molecular flexibility index (Phi) is 3.35. The van der Waals surface area contributed by atoms with E-state index in [0.29, 0.717) is 12.1 Å². The van der Waals surface area contributed by atoms with Crippen LogP contribution in [-0.4, -0.2) is 5.91 Å². The first kappa shape index (κ1) is 12.6. The summed E-state index contributed by atoms with van der Waals surface area (Å²) in [4.78, 5) is 22.7. The van der Waals surface area contributed by atoms with Crippen LogP contribution in [0.15, 0.2) is 45.8 Å². The molecule has 0 fully saturated rings. The minimum atomic E-state index is -0.465. The van der Waals surface area contributed by atoms with Crippen LogP contribution in [-0.2, 0) is 19.6 Å². The Morgan fingerprint density at radius 3 is 2.85 bits per heavy atom. The average molecular weight is 270 g/mol. The maximum atomic E-state index is 11.9. The number of fused-ring (bicyclic) bond motifs is 1. The molecule has 0 saturated carbocycles. The van der Waals surface area contributed by atoms with Gasteiger partial charge < -0.3 is 15.1 Å². The minimum Gasteiger partial charge on any atom is -0.430 e. The van der Waals surface area contributed by atoms with Crippen LogP contribution in [0.5, 0.6) is 0 Å². The number of carbonyl (C=O) groups excluding carboxylic acids is 1. The molecule has 1 aliphatic rings. The standard InChI is InChI=1S/C15H14N2O3/c18-14-4-3-12(9-20-14)15(19)17-6-10-1-2-11-7-16-8-13(11)5-10/h1-5,9,16H,6-8H2,(H,17,19). The molecule has 1 aliphatic heterocycles. The van der Waals surface area contributed by atoms with Crippen molar-refractivity contribution in [3.63, 3.8) is 0 Å². The van der Waals surface area contributed by atoms with Crippen LogP contribution in [0.4, 0.5) is 0 Å². The monoisotopic (exact) mass is 270 g/mol. The highest BCUT2D eigenvalue weighted by atomic mass is 16.4. The van der Waals surface area contributed by atoms with E-state index < -0.39 is 5.63 Å². The lowest BCUT2D eigenvalue weighted by molar-refractivity contribution is 0.0948. The maximum Gasteiger partial charge on any atom is 0.335 e. The first-order chi connectivity index (χ1) is 9.72. The van der Waals surface area contributed by atoms with Crippen molar-refractivity contribution in [1.82, 2.24) is 10.6 Å². The van der Waals surface area contributed by atoms with Gasteiger partial charge in [-0.25, -0.2) is 4.79 Å². The van der Waals surface area contributed by atoms with Crippen LogP contribution in [0, 0.1) is 0 Å². The highest BCUT2D eigenvalue weighted by molar-refractivity contribution is 5.93. The highest BCUT2D eigenvalue weighted by Crippen LogP contribution is 2.16. The lowest BCUT2D eigenvalue weighted by atomic mass is 10.1. The normalized spacial score (nSPS) is 13.0. The molecule has 2 aromatic rings. The molecule has 1 aromatic carbocycles. The van der Waals surface area contributed by atoms with Gasteiger partial charge in [-0.2, -0.15) is 0 Å². The van der Waals surface area contributed by atoms with Crippen LogP contribution in [0.3, 0.4) is 0 Å². The van der Waals surface area contributed by atoms with Crippen LogP contribution < -0.4 is 16.3 Å². The number of benzene rings is 1. The number of hydrogen-bond donors (Lipinski definition) is 2. The van der Waals surface area contributed by atoms with Gasteiger partial charge in [0.15, 0.2) is 0 Å². The fourth-order valence-corrected chi connectivity index (χ4v) is 2.23. The van der Waals surface area contributed by atoms with Crippen molar-refractivity contribution >= 4 is 5.91 Å². The van der Waals surface area contributed by atoms with Crippen LogP contribution in [0.2, 0.25) is 0 Å². The number of nitrogens with one attached hydrogen (secondary N) is 2. The summed E-state index contributed by atoms with van der Waals surface area (Å²) in [5.74, 6) is -0.257. The largest absolute Gasteiger partial charge is 0.430 e. The van der Waals surface area contributed by atoms with Gasteiger partial charge in [0.1, 0.15) is 6.26 Å². The fraction of sp³-hybridized carbons (Fsp3) is 0.200. The molecule has 1 aromatic heterocycles. The van der Waals surface area contributed by atoms with E-state index in [1.165, 1.54) is 29.5 Å². The van der Waals surface area contributed by atoms with Crippen molar-refractivity contribution in [2.24, 2.45) is 0 Å². The van der Waals surface area contributed by atoms with E-state index in [9.17, 15) is 9.59 Å². The summed E-state index contributed by atoms with van der Waals surface area (Å²) < 4.78 is 4.67. The smallest absolute Gasteiger partial charge is 0.335 e. The first-order valence-corrected chi connectivity index (χ1v) is 6.41. The lowest BCUT2D eigenvalue weighted by Gasteiger charge is -2.06. The van der Waals surface area contributed by atoms with E-state index in [4.69, 9.17) is 0 Å². The lowest BCUT2D eigenvalue weighted by Crippen LogP contribution is -2.23. The van der Waals surface area contributed by atoms with E-state index in [1.54, 1.807) is 0 Å². The third kappa shape index (κ3) is 2.62. The molecule has 0 spiro atoms. The zero-order valence-electron chi connectivity index (χ0n) is 10.8. The summed E-state index contributed by atoms with van der Waals surface area (Å²) in [6, 6.07) is 8.88. The summed E-state index contributed by atoms with van der Waals surface area (Å²) in [5.41, 5.74) is 3.52. The molecule has 2 N–H and O–H groups in total. The molecule has 0 radical (unpaired) electrons. The number of rotatable bonds is 3. The van der Waals surface area contributed by atoms with E-state index in [0.717, 1.165) is 18.7 Å². The molecule has 0 saturated heterocycles. The van der Waals surface area contributed by atoms with Gasteiger partial charge in [0.2, 0.25) is 0 Å². The molecule has 0 unspecified atom stereocenters.